The van der Waals surface area contributed by atoms with Crippen molar-refractivity contribution in [2.75, 3.05) is 5.32 Å². The smallest absolute Gasteiger partial charge is 0.0654 e. The largest absolute Gasteiger partial charge is 0.377 e. The summed E-state index contributed by atoms with van der Waals surface area (Å²) in [5.41, 5.74) is 3.88. The van der Waals surface area contributed by atoms with Crippen LogP contribution in [0.4, 0.5) is 5.69 Å². The van der Waals surface area contributed by atoms with Crippen LogP contribution < -0.4 is 5.32 Å². The third-order valence-corrected chi connectivity index (χ3v) is 5.60. The Hall–Kier alpha value is -1.58. The zero-order valence-corrected chi connectivity index (χ0v) is 13.9. The van der Waals surface area contributed by atoms with E-state index in [1.54, 1.807) is 0 Å². The predicted molar refractivity (Wildman–Crippen MR) is 94.6 cm³/mol. The average Bonchev–Trinajstić information content (AvgIpc) is 3.15. The number of thiophene rings is 2. The minimum Gasteiger partial charge on any atom is -0.377 e. The summed E-state index contributed by atoms with van der Waals surface area (Å²) in [5.74, 6) is 0. The summed E-state index contributed by atoms with van der Waals surface area (Å²) in [6.07, 6.45) is 1.03. The normalized spacial score (nSPS) is 12.3. The first-order valence-corrected chi connectivity index (χ1v) is 8.88. The summed E-state index contributed by atoms with van der Waals surface area (Å²) in [6.45, 7) is 4.32. The Bertz CT molecular complexity index is 684. The molecule has 21 heavy (non-hydrogen) atoms. The van der Waals surface area contributed by atoms with E-state index in [1.165, 1.54) is 26.6 Å². The van der Waals surface area contributed by atoms with Gasteiger partial charge in [0.05, 0.1) is 6.04 Å². The lowest BCUT2D eigenvalue weighted by atomic mass is 10.1. The number of hydrogen-bond donors (Lipinski definition) is 1. The van der Waals surface area contributed by atoms with Crippen molar-refractivity contribution < 1.29 is 0 Å². The van der Waals surface area contributed by atoms with E-state index in [9.17, 15) is 0 Å². The summed E-state index contributed by atoms with van der Waals surface area (Å²) in [5, 5.41) is 8.01. The standard InChI is InChI=1S/C18H19NS2/c1-13-7-8-15(11-14(13)2)19-17(18-6-4-10-21-18)12-16-5-3-9-20-16/h3-11,17,19H,12H2,1-2H3. The van der Waals surface area contributed by atoms with E-state index in [0.29, 0.717) is 6.04 Å². The van der Waals surface area contributed by atoms with E-state index in [2.05, 4.69) is 72.4 Å². The van der Waals surface area contributed by atoms with Crippen LogP contribution in [-0.4, -0.2) is 0 Å². The predicted octanol–water partition coefficient (Wildman–Crippen LogP) is 5.82. The molecular formula is C18H19NS2. The van der Waals surface area contributed by atoms with Crippen molar-refractivity contribution in [1.82, 2.24) is 0 Å². The molecule has 0 spiro atoms. The first kappa shape index (κ1) is 14.4. The highest BCUT2D eigenvalue weighted by molar-refractivity contribution is 7.10. The number of hydrogen-bond acceptors (Lipinski definition) is 3. The minimum absolute atomic E-state index is 0.339. The molecule has 0 aliphatic rings. The van der Waals surface area contributed by atoms with E-state index in [4.69, 9.17) is 0 Å². The lowest BCUT2D eigenvalue weighted by Crippen LogP contribution is -2.12. The fraction of sp³-hybridized carbons (Fsp3) is 0.222. The van der Waals surface area contributed by atoms with Crippen molar-refractivity contribution in [3.05, 3.63) is 74.1 Å². The molecule has 3 heteroatoms. The van der Waals surface area contributed by atoms with Crippen molar-refractivity contribution in [3.63, 3.8) is 0 Å². The third-order valence-electron chi connectivity index (χ3n) is 3.72. The van der Waals surface area contributed by atoms with Gasteiger partial charge in [0, 0.05) is 21.9 Å². The van der Waals surface area contributed by atoms with E-state index >= 15 is 0 Å². The van der Waals surface area contributed by atoms with E-state index < -0.39 is 0 Å². The summed E-state index contributed by atoms with van der Waals surface area (Å²) >= 11 is 3.65. The van der Waals surface area contributed by atoms with Gasteiger partial charge in [0.15, 0.2) is 0 Å². The molecule has 2 aromatic heterocycles. The number of nitrogens with one attached hydrogen (secondary N) is 1. The number of rotatable bonds is 5. The molecule has 1 nitrogen and oxygen atoms in total. The van der Waals surface area contributed by atoms with Crippen molar-refractivity contribution in [2.45, 2.75) is 26.3 Å². The summed E-state index contributed by atoms with van der Waals surface area (Å²) in [4.78, 5) is 2.81. The summed E-state index contributed by atoms with van der Waals surface area (Å²) < 4.78 is 0. The summed E-state index contributed by atoms with van der Waals surface area (Å²) in [7, 11) is 0. The fourth-order valence-electron chi connectivity index (χ4n) is 2.37. The van der Waals surface area contributed by atoms with Gasteiger partial charge in [-0.1, -0.05) is 18.2 Å². The average molecular weight is 313 g/mol. The molecule has 3 rings (SSSR count). The van der Waals surface area contributed by atoms with Crippen LogP contribution in [0.3, 0.4) is 0 Å². The van der Waals surface area contributed by atoms with Gasteiger partial charge in [-0.25, -0.2) is 0 Å². The molecule has 1 atom stereocenters. The van der Waals surface area contributed by atoms with Crippen molar-refractivity contribution in [2.24, 2.45) is 0 Å². The highest BCUT2D eigenvalue weighted by atomic mass is 32.1. The molecule has 0 saturated carbocycles. The Morgan fingerprint density at radius 1 is 0.952 bits per heavy atom. The molecule has 3 aromatic rings. The van der Waals surface area contributed by atoms with Gasteiger partial charge in [-0.05, 0) is 60.0 Å². The molecule has 108 valence electrons. The Kier molecular flexibility index (Phi) is 4.42. The Balaban J connectivity index is 1.83. The number of aryl methyl sites for hydroxylation is 2. The first-order chi connectivity index (χ1) is 10.2. The topological polar surface area (TPSA) is 12.0 Å². The molecule has 1 N–H and O–H groups in total. The Morgan fingerprint density at radius 2 is 1.76 bits per heavy atom. The lowest BCUT2D eigenvalue weighted by molar-refractivity contribution is 0.802. The molecule has 0 amide bonds. The van der Waals surface area contributed by atoms with Crippen LogP contribution in [0, 0.1) is 13.8 Å². The van der Waals surface area contributed by atoms with E-state index in [-0.39, 0.29) is 0 Å². The Labute approximate surface area is 134 Å². The highest BCUT2D eigenvalue weighted by Gasteiger charge is 2.14. The van der Waals surface area contributed by atoms with Crippen molar-refractivity contribution in [1.29, 1.82) is 0 Å². The van der Waals surface area contributed by atoms with E-state index in [1.807, 2.05) is 22.7 Å². The molecule has 1 unspecified atom stereocenters. The number of anilines is 1. The van der Waals surface area contributed by atoms with Crippen LogP contribution in [-0.2, 0) is 6.42 Å². The molecule has 2 heterocycles. The molecule has 0 saturated heterocycles. The third kappa shape index (κ3) is 3.55. The maximum absolute atomic E-state index is 3.70. The van der Waals surface area contributed by atoms with Crippen LogP contribution in [0.15, 0.2) is 53.2 Å². The van der Waals surface area contributed by atoms with Crippen LogP contribution in [0.5, 0.6) is 0 Å². The second kappa shape index (κ2) is 6.46. The Morgan fingerprint density at radius 3 is 2.43 bits per heavy atom. The highest BCUT2D eigenvalue weighted by Crippen LogP contribution is 2.29. The first-order valence-electron chi connectivity index (χ1n) is 7.12. The monoisotopic (exact) mass is 313 g/mol. The van der Waals surface area contributed by atoms with Gasteiger partial charge in [0.2, 0.25) is 0 Å². The second-order valence-corrected chi connectivity index (χ2v) is 7.31. The molecule has 0 aliphatic carbocycles. The SMILES string of the molecule is Cc1ccc(NC(Cc2cccs2)c2cccs2)cc1C. The van der Waals surface area contributed by atoms with Gasteiger partial charge >= 0.3 is 0 Å². The van der Waals surface area contributed by atoms with Gasteiger partial charge < -0.3 is 5.32 Å². The van der Waals surface area contributed by atoms with Gasteiger partial charge in [-0.2, -0.15) is 0 Å². The molecule has 1 aromatic carbocycles. The van der Waals surface area contributed by atoms with E-state index in [0.717, 1.165) is 6.42 Å². The summed E-state index contributed by atoms with van der Waals surface area (Å²) in [6, 6.07) is 15.6. The number of benzene rings is 1. The minimum atomic E-state index is 0.339. The van der Waals surface area contributed by atoms with Crippen LogP contribution in [0.2, 0.25) is 0 Å². The van der Waals surface area contributed by atoms with Crippen LogP contribution in [0.1, 0.15) is 26.9 Å². The van der Waals surface area contributed by atoms with Gasteiger partial charge in [0.25, 0.3) is 0 Å². The van der Waals surface area contributed by atoms with Crippen molar-refractivity contribution in [3.8, 4) is 0 Å². The van der Waals surface area contributed by atoms with Gasteiger partial charge in [-0.3, -0.25) is 0 Å². The fourth-order valence-corrected chi connectivity index (χ4v) is 3.90. The van der Waals surface area contributed by atoms with Gasteiger partial charge in [-0.15, -0.1) is 22.7 Å². The quantitative estimate of drug-likeness (QED) is 0.625. The molecule has 0 bridgehead atoms. The zero-order chi connectivity index (χ0) is 14.7. The molecule has 0 radical (unpaired) electrons. The maximum atomic E-state index is 3.70. The zero-order valence-electron chi connectivity index (χ0n) is 12.3. The molecule has 0 fully saturated rings. The van der Waals surface area contributed by atoms with Crippen LogP contribution in [0.25, 0.3) is 0 Å². The van der Waals surface area contributed by atoms with Gasteiger partial charge in [0.1, 0.15) is 0 Å². The second-order valence-electron chi connectivity index (χ2n) is 5.29. The lowest BCUT2D eigenvalue weighted by Gasteiger charge is -2.19. The van der Waals surface area contributed by atoms with Crippen molar-refractivity contribution >= 4 is 28.4 Å². The molecule has 0 aliphatic heterocycles. The maximum Gasteiger partial charge on any atom is 0.0654 e. The molecular weight excluding hydrogens is 294 g/mol. The van der Waals surface area contributed by atoms with Crippen LogP contribution >= 0.6 is 22.7 Å².